The van der Waals surface area contributed by atoms with Crippen LogP contribution in [0.1, 0.15) is 0 Å². The summed E-state index contributed by atoms with van der Waals surface area (Å²) < 4.78 is 0. The number of rotatable bonds is 3. The second kappa shape index (κ2) is 6.06. The maximum Gasteiger partial charge on any atom is 1.00 e. The van der Waals surface area contributed by atoms with Crippen LogP contribution in [-0.4, -0.2) is 34.4 Å². The molecule has 11 heavy (non-hydrogen) atoms. The SMILES string of the molecule is O=C([O-])C(O)C(O)C(=O)[O-].[K+]. The summed E-state index contributed by atoms with van der Waals surface area (Å²) >= 11 is 0. The topological polar surface area (TPSA) is 121 Å². The van der Waals surface area contributed by atoms with Crippen molar-refractivity contribution >= 4 is 11.9 Å². The molecule has 0 aliphatic heterocycles. The van der Waals surface area contributed by atoms with Crippen LogP contribution in [-0.2, 0) is 9.59 Å². The number of aliphatic hydroxyl groups excluding tert-OH is 2. The molecule has 0 heterocycles. The van der Waals surface area contributed by atoms with E-state index < -0.39 is 24.1 Å². The molecule has 0 rings (SSSR count). The van der Waals surface area contributed by atoms with Crippen molar-refractivity contribution in [2.45, 2.75) is 12.2 Å². The van der Waals surface area contributed by atoms with E-state index in [-0.39, 0.29) is 51.4 Å². The molecule has 0 aromatic heterocycles. The fraction of sp³-hybridized carbons (Fsp3) is 0.500. The zero-order valence-electron chi connectivity index (χ0n) is 5.68. The first-order valence-corrected chi connectivity index (χ1v) is 2.24. The van der Waals surface area contributed by atoms with Crippen LogP contribution in [0.5, 0.6) is 0 Å². The van der Waals surface area contributed by atoms with Crippen LogP contribution in [0.2, 0.25) is 0 Å². The first kappa shape index (κ1) is 14.0. The van der Waals surface area contributed by atoms with Gasteiger partial charge in [0.15, 0.2) is 0 Å². The van der Waals surface area contributed by atoms with Gasteiger partial charge < -0.3 is 30.0 Å². The van der Waals surface area contributed by atoms with E-state index in [4.69, 9.17) is 10.2 Å². The van der Waals surface area contributed by atoms with E-state index in [1.807, 2.05) is 0 Å². The number of carboxylic acids is 2. The van der Waals surface area contributed by atoms with Gasteiger partial charge in [0.25, 0.3) is 0 Å². The minimum atomic E-state index is -2.44. The Morgan fingerprint density at radius 1 is 1.00 bits per heavy atom. The Morgan fingerprint density at radius 2 is 1.18 bits per heavy atom. The summed E-state index contributed by atoms with van der Waals surface area (Å²) in [5, 5.41) is 35.7. The first-order chi connectivity index (χ1) is 4.46. The third-order valence-electron chi connectivity index (χ3n) is 0.782. The molecule has 0 saturated carbocycles. The smallest absolute Gasteiger partial charge is 0.547 e. The molecule has 2 atom stereocenters. The molecular weight excluding hydrogens is 183 g/mol. The monoisotopic (exact) mass is 187 g/mol. The van der Waals surface area contributed by atoms with E-state index in [1.165, 1.54) is 0 Å². The number of carboxylic acid groups (broad SMARTS) is 2. The van der Waals surface area contributed by atoms with Gasteiger partial charge >= 0.3 is 51.4 Å². The van der Waals surface area contributed by atoms with Crippen LogP contribution in [0, 0.1) is 0 Å². The molecular formula is C4H4KO6-. The second-order valence-electron chi connectivity index (χ2n) is 1.53. The summed E-state index contributed by atoms with van der Waals surface area (Å²) in [6.45, 7) is 0. The number of hydrogen-bond donors (Lipinski definition) is 2. The minimum Gasteiger partial charge on any atom is -0.547 e. The van der Waals surface area contributed by atoms with Gasteiger partial charge in [-0.25, -0.2) is 0 Å². The predicted molar refractivity (Wildman–Crippen MR) is 22.0 cm³/mol. The van der Waals surface area contributed by atoms with E-state index in [0.29, 0.717) is 0 Å². The van der Waals surface area contributed by atoms with Crippen LogP contribution in [0.3, 0.4) is 0 Å². The predicted octanol–water partition coefficient (Wildman–Crippen LogP) is -7.79. The fourth-order valence-electron chi connectivity index (χ4n) is 0.258. The van der Waals surface area contributed by atoms with Gasteiger partial charge in [0.2, 0.25) is 0 Å². The molecule has 0 fully saturated rings. The van der Waals surface area contributed by atoms with Crippen molar-refractivity contribution in [3.63, 3.8) is 0 Å². The van der Waals surface area contributed by atoms with Crippen LogP contribution < -0.4 is 61.6 Å². The molecule has 0 aromatic carbocycles. The molecule has 7 heteroatoms. The number of carbonyl (C=O) groups is 2. The summed E-state index contributed by atoms with van der Waals surface area (Å²) in [4.78, 5) is 19.3. The molecule has 2 N–H and O–H groups in total. The molecule has 2 unspecified atom stereocenters. The van der Waals surface area contributed by atoms with Crippen molar-refractivity contribution in [2.75, 3.05) is 0 Å². The molecule has 0 spiro atoms. The van der Waals surface area contributed by atoms with Gasteiger partial charge in [-0.05, 0) is 0 Å². The van der Waals surface area contributed by atoms with Gasteiger partial charge in [-0.3, -0.25) is 0 Å². The van der Waals surface area contributed by atoms with E-state index in [9.17, 15) is 19.8 Å². The number of aliphatic hydroxyl groups is 2. The fourth-order valence-corrected chi connectivity index (χ4v) is 0.258. The Labute approximate surface area is 104 Å². The Balaban J connectivity index is 0. The molecule has 0 saturated heterocycles. The maximum atomic E-state index is 9.63. The molecule has 0 amide bonds. The van der Waals surface area contributed by atoms with Crippen molar-refractivity contribution in [1.29, 1.82) is 0 Å². The van der Waals surface area contributed by atoms with Gasteiger partial charge in [-0.15, -0.1) is 0 Å². The summed E-state index contributed by atoms with van der Waals surface area (Å²) in [7, 11) is 0. The molecule has 0 aliphatic carbocycles. The summed E-state index contributed by atoms with van der Waals surface area (Å²) in [5.74, 6) is -4.12. The Morgan fingerprint density at radius 3 is 1.27 bits per heavy atom. The average molecular weight is 187 g/mol. The molecule has 58 valence electrons. The van der Waals surface area contributed by atoms with Gasteiger partial charge in [-0.1, -0.05) is 0 Å². The van der Waals surface area contributed by atoms with Crippen LogP contribution in [0.25, 0.3) is 0 Å². The normalized spacial score (nSPS) is 14.4. The number of aliphatic carboxylic acids is 2. The van der Waals surface area contributed by atoms with Crippen LogP contribution in [0.15, 0.2) is 0 Å². The molecule has 0 aliphatic rings. The third-order valence-corrected chi connectivity index (χ3v) is 0.782. The molecule has 0 bridgehead atoms. The van der Waals surface area contributed by atoms with Crippen molar-refractivity contribution in [1.82, 2.24) is 0 Å². The number of hydrogen-bond acceptors (Lipinski definition) is 6. The van der Waals surface area contributed by atoms with Crippen molar-refractivity contribution in [3.05, 3.63) is 0 Å². The first-order valence-electron chi connectivity index (χ1n) is 2.24. The van der Waals surface area contributed by atoms with Gasteiger partial charge in [-0.2, -0.15) is 0 Å². The summed E-state index contributed by atoms with van der Waals surface area (Å²) in [6, 6.07) is 0. The van der Waals surface area contributed by atoms with E-state index in [2.05, 4.69) is 0 Å². The maximum absolute atomic E-state index is 9.63. The van der Waals surface area contributed by atoms with Crippen LogP contribution >= 0.6 is 0 Å². The zero-order chi connectivity index (χ0) is 8.31. The molecule has 6 nitrogen and oxygen atoms in total. The largest absolute Gasteiger partial charge is 1.00 e. The standard InChI is InChI=1S/C4H6O6.K/c5-1(3(7)8)2(6)4(9)10;/h1-2,5-6H,(H,7,8)(H,9,10);/q;+1/p-2. The third kappa shape index (κ3) is 4.85. The van der Waals surface area contributed by atoms with Crippen molar-refractivity contribution < 1.29 is 81.4 Å². The van der Waals surface area contributed by atoms with Gasteiger partial charge in [0, 0.05) is 0 Å². The Bertz CT molecular complexity index is 139. The summed E-state index contributed by atoms with van der Waals surface area (Å²) in [6.07, 6.45) is -4.88. The van der Waals surface area contributed by atoms with E-state index >= 15 is 0 Å². The van der Waals surface area contributed by atoms with Crippen LogP contribution in [0.4, 0.5) is 0 Å². The quantitative estimate of drug-likeness (QED) is 0.423. The zero-order valence-corrected chi connectivity index (χ0v) is 8.81. The molecule has 0 radical (unpaired) electrons. The Kier molecular flexibility index (Phi) is 7.74. The number of carbonyl (C=O) groups excluding carboxylic acids is 2. The van der Waals surface area contributed by atoms with E-state index in [0.717, 1.165) is 0 Å². The van der Waals surface area contributed by atoms with E-state index in [1.54, 1.807) is 0 Å². The summed E-state index contributed by atoms with van der Waals surface area (Å²) in [5.41, 5.74) is 0. The Hall–Kier alpha value is 0.496. The average Bonchev–Trinajstić information content (AvgIpc) is 1.84. The van der Waals surface area contributed by atoms with Crippen molar-refractivity contribution in [3.8, 4) is 0 Å². The molecule has 0 aromatic rings. The van der Waals surface area contributed by atoms with Gasteiger partial charge in [0.05, 0.1) is 11.9 Å². The second-order valence-corrected chi connectivity index (χ2v) is 1.53. The van der Waals surface area contributed by atoms with Gasteiger partial charge in [0.1, 0.15) is 12.2 Å². The minimum absolute atomic E-state index is 0. The van der Waals surface area contributed by atoms with Crippen molar-refractivity contribution in [2.24, 2.45) is 0 Å².